The van der Waals surface area contributed by atoms with E-state index in [0.717, 1.165) is 47.3 Å². The maximum Gasteiger partial charge on any atom is 0.0763 e. The molecule has 0 aliphatic heterocycles. The molecular weight excluding hydrogens is 172 g/mol. The summed E-state index contributed by atoms with van der Waals surface area (Å²) in [4.78, 5) is 0. The van der Waals surface area contributed by atoms with E-state index < -0.39 is 0 Å². The van der Waals surface area contributed by atoms with Crippen molar-refractivity contribution >= 4 is 0 Å². The third-order valence-corrected chi connectivity index (χ3v) is 6.99. The molecule has 6 saturated carbocycles. The highest BCUT2D eigenvalue weighted by Gasteiger charge is 2.97. The lowest BCUT2D eigenvalue weighted by Crippen LogP contribution is -2.81. The zero-order valence-corrected chi connectivity index (χ0v) is 9.07. The van der Waals surface area contributed by atoms with Crippen molar-refractivity contribution < 1.29 is 5.11 Å². The van der Waals surface area contributed by atoms with E-state index in [9.17, 15) is 5.11 Å². The van der Waals surface area contributed by atoms with Crippen molar-refractivity contribution in [3.05, 3.63) is 0 Å². The van der Waals surface area contributed by atoms with E-state index in [2.05, 4.69) is 20.8 Å². The quantitative estimate of drug-likeness (QED) is 0.617. The van der Waals surface area contributed by atoms with Crippen LogP contribution >= 0.6 is 0 Å². The summed E-state index contributed by atoms with van der Waals surface area (Å²) in [5.41, 5.74) is -0.163. The van der Waals surface area contributed by atoms with Crippen molar-refractivity contribution in [2.45, 2.75) is 26.4 Å². The van der Waals surface area contributed by atoms with Crippen LogP contribution in [-0.4, -0.2) is 10.7 Å². The molecule has 6 aliphatic rings. The Bertz CT molecular complexity index is 320. The molecule has 0 spiro atoms. The minimum atomic E-state index is -0.277. The lowest BCUT2D eigenvalue weighted by atomic mass is 9.20. The monoisotopic (exact) mass is 190 g/mol. The van der Waals surface area contributed by atoms with Gasteiger partial charge in [0.1, 0.15) is 0 Å². The standard InChI is InChI=1S/C13H18O/c1-12(2,3)13(14)10-6-4-5-8(6)11(13)9(5)7(4)10/h4-11,14H,1-3H3/t4?,5?,6-,7-,8+,9+,10?,11?,13?. The second-order valence-corrected chi connectivity index (χ2v) is 7.59. The van der Waals surface area contributed by atoms with Gasteiger partial charge in [-0.3, -0.25) is 0 Å². The van der Waals surface area contributed by atoms with Gasteiger partial charge in [0.2, 0.25) is 0 Å². The Morgan fingerprint density at radius 2 is 1.14 bits per heavy atom. The lowest BCUT2D eigenvalue weighted by Gasteiger charge is -2.84. The van der Waals surface area contributed by atoms with Crippen molar-refractivity contribution in [1.29, 1.82) is 0 Å². The van der Waals surface area contributed by atoms with Gasteiger partial charge in [-0.2, -0.15) is 0 Å². The van der Waals surface area contributed by atoms with Crippen molar-refractivity contribution in [3.63, 3.8) is 0 Å². The van der Waals surface area contributed by atoms with E-state index in [1.54, 1.807) is 0 Å². The van der Waals surface area contributed by atoms with Crippen LogP contribution in [0.25, 0.3) is 0 Å². The molecular formula is C13H18O. The average molecular weight is 190 g/mol. The SMILES string of the molecule is CC(C)(C)C1(O)C2[C@H]3C4C5[C@H]3C1[C@H]5[C@H]42. The summed E-state index contributed by atoms with van der Waals surface area (Å²) >= 11 is 0. The average Bonchev–Trinajstić information content (AvgIpc) is 2.29. The van der Waals surface area contributed by atoms with Gasteiger partial charge in [0.05, 0.1) is 5.60 Å². The van der Waals surface area contributed by atoms with Gasteiger partial charge in [0.25, 0.3) is 0 Å². The second kappa shape index (κ2) is 1.43. The van der Waals surface area contributed by atoms with Gasteiger partial charge in [-0.1, -0.05) is 20.8 Å². The Labute approximate surface area is 84.9 Å². The van der Waals surface area contributed by atoms with Gasteiger partial charge >= 0.3 is 0 Å². The Morgan fingerprint density at radius 3 is 1.43 bits per heavy atom. The van der Waals surface area contributed by atoms with Crippen molar-refractivity contribution in [3.8, 4) is 0 Å². The molecule has 1 heteroatoms. The molecule has 14 heavy (non-hydrogen) atoms. The number of hydrogen-bond donors (Lipinski definition) is 1. The van der Waals surface area contributed by atoms with Crippen LogP contribution in [-0.2, 0) is 0 Å². The number of hydrogen-bond acceptors (Lipinski definition) is 1. The summed E-state index contributed by atoms with van der Waals surface area (Å²) in [6.07, 6.45) is 0. The largest absolute Gasteiger partial charge is 0.389 e. The van der Waals surface area contributed by atoms with Crippen LogP contribution in [0.4, 0.5) is 0 Å². The van der Waals surface area contributed by atoms with Gasteiger partial charge in [-0.05, 0) is 52.8 Å². The molecule has 1 unspecified atom stereocenters. The molecule has 76 valence electrons. The maximum absolute atomic E-state index is 11.0. The highest BCUT2D eigenvalue weighted by Crippen LogP contribution is 2.97. The zero-order valence-electron chi connectivity index (χ0n) is 9.07. The lowest BCUT2D eigenvalue weighted by molar-refractivity contribution is -0.379. The molecule has 0 aromatic carbocycles. The molecule has 0 aromatic rings. The molecule has 6 fully saturated rings. The number of aliphatic hydroxyl groups is 1. The predicted octanol–water partition coefficient (Wildman–Crippen LogP) is 1.76. The molecule has 0 amide bonds. The molecule has 1 N–H and O–H groups in total. The van der Waals surface area contributed by atoms with E-state index >= 15 is 0 Å². The molecule has 5 atom stereocenters. The Morgan fingerprint density at radius 1 is 0.786 bits per heavy atom. The summed E-state index contributed by atoms with van der Waals surface area (Å²) < 4.78 is 0. The third kappa shape index (κ3) is 0.340. The fourth-order valence-corrected chi connectivity index (χ4v) is 6.81. The first-order chi connectivity index (χ1) is 6.49. The summed E-state index contributed by atoms with van der Waals surface area (Å²) in [6, 6.07) is 0. The van der Waals surface area contributed by atoms with E-state index in [0.29, 0.717) is 0 Å². The molecule has 0 saturated heterocycles. The molecule has 0 heterocycles. The second-order valence-electron chi connectivity index (χ2n) is 7.59. The molecule has 0 aromatic heterocycles. The minimum absolute atomic E-state index is 0.114. The van der Waals surface area contributed by atoms with E-state index in [-0.39, 0.29) is 11.0 Å². The molecule has 0 radical (unpaired) electrons. The Hall–Kier alpha value is -0.0400. The highest BCUT2D eigenvalue weighted by molar-refractivity contribution is 5.44. The van der Waals surface area contributed by atoms with Crippen LogP contribution < -0.4 is 0 Å². The first kappa shape index (κ1) is 7.27. The third-order valence-electron chi connectivity index (χ3n) is 6.99. The maximum atomic E-state index is 11.0. The minimum Gasteiger partial charge on any atom is -0.389 e. The zero-order chi connectivity index (χ0) is 9.62. The van der Waals surface area contributed by atoms with E-state index in [4.69, 9.17) is 0 Å². The summed E-state index contributed by atoms with van der Waals surface area (Å²) in [5, 5.41) is 11.0. The van der Waals surface area contributed by atoms with Gasteiger partial charge in [-0.25, -0.2) is 0 Å². The van der Waals surface area contributed by atoms with Gasteiger partial charge in [0.15, 0.2) is 0 Å². The topological polar surface area (TPSA) is 20.2 Å². The van der Waals surface area contributed by atoms with Gasteiger partial charge < -0.3 is 5.11 Å². The fraction of sp³-hybridized carbons (Fsp3) is 1.00. The van der Waals surface area contributed by atoms with Crippen LogP contribution in [0.3, 0.4) is 0 Å². The van der Waals surface area contributed by atoms with E-state index in [1.165, 1.54) is 0 Å². The van der Waals surface area contributed by atoms with Crippen molar-refractivity contribution in [2.75, 3.05) is 0 Å². The summed E-state index contributed by atoms with van der Waals surface area (Å²) in [5.74, 6) is 7.54. The normalized spacial score (nSPS) is 79.7. The van der Waals surface area contributed by atoms with Crippen LogP contribution in [0, 0.1) is 52.8 Å². The van der Waals surface area contributed by atoms with Gasteiger partial charge in [-0.15, -0.1) is 0 Å². The van der Waals surface area contributed by atoms with Crippen molar-refractivity contribution in [2.24, 2.45) is 52.8 Å². The first-order valence-corrected chi connectivity index (χ1v) is 6.22. The predicted molar refractivity (Wildman–Crippen MR) is 52.3 cm³/mol. The van der Waals surface area contributed by atoms with Crippen molar-refractivity contribution in [1.82, 2.24) is 0 Å². The molecule has 2 bridgehead atoms. The number of rotatable bonds is 0. The smallest absolute Gasteiger partial charge is 0.0763 e. The molecule has 6 rings (SSSR count). The van der Waals surface area contributed by atoms with Gasteiger partial charge in [0, 0.05) is 0 Å². The first-order valence-electron chi connectivity index (χ1n) is 6.22. The van der Waals surface area contributed by atoms with Crippen LogP contribution in [0.5, 0.6) is 0 Å². The molecule has 1 nitrogen and oxygen atoms in total. The Balaban J connectivity index is 1.72. The summed E-state index contributed by atoms with van der Waals surface area (Å²) in [7, 11) is 0. The summed E-state index contributed by atoms with van der Waals surface area (Å²) in [6.45, 7) is 6.74. The van der Waals surface area contributed by atoms with Crippen LogP contribution in [0.2, 0.25) is 0 Å². The van der Waals surface area contributed by atoms with Crippen LogP contribution in [0.15, 0.2) is 0 Å². The van der Waals surface area contributed by atoms with E-state index in [1.807, 2.05) is 0 Å². The molecule has 6 aliphatic carbocycles. The Kier molecular flexibility index (Phi) is 0.744. The highest BCUT2D eigenvalue weighted by atomic mass is 16.3. The fourth-order valence-electron chi connectivity index (χ4n) is 6.81. The van der Waals surface area contributed by atoms with Crippen LogP contribution in [0.1, 0.15) is 20.8 Å².